The van der Waals surface area contributed by atoms with Gasteiger partial charge in [-0.05, 0) is 37.3 Å². The largest absolute Gasteiger partial charge is 0.420 e. The Morgan fingerprint density at radius 1 is 1.40 bits per heavy atom. The second-order valence-corrected chi connectivity index (χ2v) is 5.54. The molecule has 0 N–H and O–H groups in total. The number of esters is 1. The van der Waals surface area contributed by atoms with Crippen molar-refractivity contribution in [1.29, 1.82) is 0 Å². The SMILES string of the molecule is Cc1nocc1C(=O)Oc1c(Cl)ccc(C2CC2)c1Cl. The van der Waals surface area contributed by atoms with E-state index in [1.54, 1.807) is 13.0 Å². The zero-order valence-electron chi connectivity index (χ0n) is 10.7. The maximum Gasteiger partial charge on any atom is 0.348 e. The van der Waals surface area contributed by atoms with E-state index in [9.17, 15) is 4.79 Å². The van der Waals surface area contributed by atoms with Crippen LogP contribution in [0, 0.1) is 6.92 Å². The van der Waals surface area contributed by atoms with Crippen LogP contribution < -0.4 is 4.74 Å². The highest BCUT2D eigenvalue weighted by molar-refractivity contribution is 6.38. The van der Waals surface area contributed by atoms with Gasteiger partial charge in [0.2, 0.25) is 0 Å². The van der Waals surface area contributed by atoms with E-state index in [4.69, 9.17) is 32.5 Å². The highest BCUT2D eigenvalue weighted by Gasteiger charge is 2.29. The van der Waals surface area contributed by atoms with E-state index in [0.29, 0.717) is 21.7 Å². The lowest BCUT2D eigenvalue weighted by molar-refractivity contribution is 0.0733. The number of halogens is 2. The van der Waals surface area contributed by atoms with E-state index in [-0.39, 0.29) is 11.3 Å². The predicted octanol–water partition coefficient (Wildman–Crippen LogP) is 4.39. The van der Waals surface area contributed by atoms with Crippen LogP contribution in [0.1, 0.15) is 40.4 Å². The minimum Gasteiger partial charge on any atom is -0.420 e. The number of rotatable bonds is 3. The smallest absolute Gasteiger partial charge is 0.348 e. The first-order chi connectivity index (χ1) is 9.58. The Morgan fingerprint density at radius 2 is 2.15 bits per heavy atom. The minimum atomic E-state index is -0.583. The number of hydrogen-bond donors (Lipinski definition) is 0. The Hall–Kier alpha value is -1.52. The molecule has 1 saturated carbocycles. The van der Waals surface area contributed by atoms with Crippen molar-refractivity contribution in [1.82, 2.24) is 5.16 Å². The molecule has 20 heavy (non-hydrogen) atoms. The normalized spacial score (nSPS) is 14.3. The fraction of sp³-hybridized carbons (Fsp3) is 0.286. The van der Waals surface area contributed by atoms with Crippen LogP contribution in [-0.4, -0.2) is 11.1 Å². The van der Waals surface area contributed by atoms with E-state index in [2.05, 4.69) is 5.16 Å². The van der Waals surface area contributed by atoms with Crippen LogP contribution in [0.5, 0.6) is 5.75 Å². The van der Waals surface area contributed by atoms with Crippen LogP contribution in [-0.2, 0) is 0 Å². The second kappa shape index (κ2) is 5.11. The lowest BCUT2D eigenvalue weighted by Gasteiger charge is -2.11. The molecule has 1 aromatic carbocycles. The summed E-state index contributed by atoms with van der Waals surface area (Å²) in [4.78, 5) is 12.1. The molecule has 0 bridgehead atoms. The number of nitrogens with zero attached hydrogens (tertiary/aromatic N) is 1. The van der Waals surface area contributed by atoms with Gasteiger partial charge in [0.15, 0.2) is 5.75 Å². The molecule has 104 valence electrons. The molecule has 1 aromatic heterocycles. The van der Waals surface area contributed by atoms with Crippen molar-refractivity contribution >= 4 is 29.2 Å². The Kier molecular flexibility index (Phi) is 3.44. The van der Waals surface area contributed by atoms with E-state index < -0.39 is 5.97 Å². The molecule has 1 heterocycles. The highest BCUT2D eigenvalue weighted by Crippen LogP contribution is 2.47. The lowest BCUT2D eigenvalue weighted by atomic mass is 10.1. The highest BCUT2D eigenvalue weighted by atomic mass is 35.5. The van der Waals surface area contributed by atoms with Crippen molar-refractivity contribution in [2.75, 3.05) is 0 Å². The third kappa shape index (κ3) is 2.41. The Labute approximate surface area is 125 Å². The molecule has 2 aromatic rings. The van der Waals surface area contributed by atoms with Gasteiger partial charge in [0.05, 0.1) is 15.7 Å². The molecule has 1 fully saturated rings. The number of benzene rings is 1. The molecule has 4 nitrogen and oxygen atoms in total. The Balaban J connectivity index is 1.92. The van der Waals surface area contributed by atoms with Crippen LogP contribution in [0.3, 0.4) is 0 Å². The average Bonchev–Trinajstić information content (AvgIpc) is 3.16. The lowest BCUT2D eigenvalue weighted by Crippen LogP contribution is -2.10. The van der Waals surface area contributed by atoms with Gasteiger partial charge in [0.25, 0.3) is 0 Å². The second-order valence-electron chi connectivity index (χ2n) is 4.76. The van der Waals surface area contributed by atoms with E-state index in [0.717, 1.165) is 18.4 Å². The van der Waals surface area contributed by atoms with Gasteiger partial charge >= 0.3 is 5.97 Å². The number of ether oxygens (including phenoxy) is 1. The maximum absolute atomic E-state index is 12.1. The van der Waals surface area contributed by atoms with Gasteiger partial charge in [-0.15, -0.1) is 0 Å². The summed E-state index contributed by atoms with van der Waals surface area (Å²) in [5, 5.41) is 4.35. The summed E-state index contributed by atoms with van der Waals surface area (Å²) in [5.41, 5.74) is 1.69. The zero-order chi connectivity index (χ0) is 14.3. The summed E-state index contributed by atoms with van der Waals surface area (Å²) >= 11 is 12.4. The van der Waals surface area contributed by atoms with E-state index in [1.165, 1.54) is 6.26 Å². The summed E-state index contributed by atoms with van der Waals surface area (Å²) in [6.45, 7) is 1.66. The van der Waals surface area contributed by atoms with Crippen LogP contribution in [0.2, 0.25) is 10.0 Å². The molecule has 0 unspecified atom stereocenters. The number of aryl methyl sites for hydroxylation is 1. The van der Waals surface area contributed by atoms with Gasteiger partial charge < -0.3 is 9.26 Å². The fourth-order valence-corrected chi connectivity index (χ4v) is 2.59. The fourth-order valence-electron chi connectivity index (χ4n) is 1.99. The van der Waals surface area contributed by atoms with Crippen molar-refractivity contribution in [2.45, 2.75) is 25.7 Å². The molecule has 0 amide bonds. The molecule has 1 aliphatic carbocycles. The number of hydrogen-bond acceptors (Lipinski definition) is 4. The van der Waals surface area contributed by atoms with E-state index >= 15 is 0 Å². The maximum atomic E-state index is 12.1. The zero-order valence-corrected chi connectivity index (χ0v) is 12.2. The minimum absolute atomic E-state index is 0.198. The Morgan fingerprint density at radius 3 is 2.75 bits per heavy atom. The number of carbonyl (C=O) groups is 1. The third-order valence-electron chi connectivity index (χ3n) is 3.26. The molecule has 0 radical (unpaired) electrons. The summed E-state index contributed by atoms with van der Waals surface area (Å²) in [6.07, 6.45) is 3.43. The molecule has 1 aliphatic rings. The van der Waals surface area contributed by atoms with Crippen LogP contribution in [0.15, 0.2) is 22.9 Å². The quantitative estimate of drug-likeness (QED) is 0.623. The van der Waals surface area contributed by atoms with Crippen LogP contribution in [0.25, 0.3) is 0 Å². The van der Waals surface area contributed by atoms with Gasteiger partial charge in [-0.3, -0.25) is 0 Å². The molecule has 6 heteroatoms. The van der Waals surface area contributed by atoms with Crippen molar-refractivity contribution in [3.63, 3.8) is 0 Å². The molecular weight excluding hydrogens is 301 g/mol. The predicted molar refractivity (Wildman–Crippen MR) is 74.6 cm³/mol. The van der Waals surface area contributed by atoms with Gasteiger partial charge in [0.1, 0.15) is 11.8 Å². The summed E-state index contributed by atoms with van der Waals surface area (Å²) in [6, 6.07) is 3.58. The number of carbonyl (C=O) groups excluding carboxylic acids is 1. The first-order valence-corrected chi connectivity index (χ1v) is 6.94. The monoisotopic (exact) mass is 311 g/mol. The topological polar surface area (TPSA) is 52.3 Å². The van der Waals surface area contributed by atoms with Crippen molar-refractivity contribution < 1.29 is 14.1 Å². The molecule has 0 saturated heterocycles. The molecule has 0 atom stereocenters. The molecule has 3 rings (SSSR count). The molecule has 0 aliphatic heterocycles. The van der Waals surface area contributed by atoms with Crippen molar-refractivity contribution in [2.24, 2.45) is 0 Å². The number of aromatic nitrogens is 1. The average molecular weight is 312 g/mol. The van der Waals surface area contributed by atoms with Gasteiger partial charge in [-0.25, -0.2) is 4.79 Å². The van der Waals surface area contributed by atoms with Crippen LogP contribution in [0.4, 0.5) is 0 Å². The Bertz CT molecular complexity index is 677. The standard InChI is InChI=1S/C14H11Cl2NO3/c1-7-10(6-19-17-7)14(18)20-13-11(15)5-4-9(12(13)16)8-2-3-8/h4-6,8H,2-3H2,1H3. The van der Waals surface area contributed by atoms with Gasteiger partial charge in [-0.1, -0.05) is 34.4 Å². The summed E-state index contributed by atoms with van der Waals surface area (Å²) in [7, 11) is 0. The van der Waals surface area contributed by atoms with Gasteiger partial charge in [-0.2, -0.15) is 0 Å². The van der Waals surface area contributed by atoms with Crippen molar-refractivity contribution in [3.8, 4) is 5.75 Å². The first-order valence-electron chi connectivity index (χ1n) is 6.19. The third-order valence-corrected chi connectivity index (χ3v) is 3.95. The summed E-state index contributed by atoms with van der Waals surface area (Å²) in [5.74, 6) is 0.0541. The van der Waals surface area contributed by atoms with Crippen LogP contribution >= 0.6 is 23.2 Å². The van der Waals surface area contributed by atoms with E-state index in [1.807, 2.05) is 6.07 Å². The summed E-state index contributed by atoms with van der Waals surface area (Å²) < 4.78 is 10.0. The van der Waals surface area contributed by atoms with Gasteiger partial charge in [0, 0.05) is 0 Å². The first kappa shape index (κ1) is 13.5. The molecular formula is C14H11Cl2NO3. The van der Waals surface area contributed by atoms with Crippen molar-refractivity contribution in [3.05, 3.63) is 45.3 Å². The molecule has 0 spiro atoms.